The van der Waals surface area contributed by atoms with Crippen molar-refractivity contribution < 1.29 is 14.6 Å². The molecule has 0 bridgehead atoms. The molecular formula is C15H24N4O3. The molecule has 1 aromatic rings. The van der Waals surface area contributed by atoms with E-state index >= 15 is 0 Å². The number of nitrogens with one attached hydrogen (secondary N) is 1. The van der Waals surface area contributed by atoms with Gasteiger partial charge in [0.1, 0.15) is 0 Å². The van der Waals surface area contributed by atoms with Crippen LogP contribution < -0.4 is 0 Å². The fraction of sp³-hybridized carbons (Fsp3) is 0.733. The molecule has 0 unspecified atom stereocenters. The van der Waals surface area contributed by atoms with Crippen LogP contribution in [0, 0.1) is 5.92 Å². The molecule has 3 heterocycles. The maximum atomic E-state index is 12.6. The molecule has 0 aliphatic carbocycles. The number of hydrogen-bond acceptors (Lipinski definition) is 5. The number of H-pyrrole nitrogens is 1. The molecule has 0 radical (unpaired) electrons. The number of aliphatic hydroxyl groups is 1. The van der Waals surface area contributed by atoms with Gasteiger partial charge in [-0.25, -0.2) is 4.98 Å². The molecule has 2 saturated heterocycles. The minimum Gasteiger partial charge on any atom is -0.390 e. The van der Waals surface area contributed by atoms with Crippen LogP contribution in [0.2, 0.25) is 0 Å². The maximum Gasteiger partial charge on any atom is 0.225 e. The van der Waals surface area contributed by atoms with E-state index in [1.54, 1.807) is 12.5 Å². The van der Waals surface area contributed by atoms with Crippen LogP contribution in [0.25, 0.3) is 0 Å². The van der Waals surface area contributed by atoms with Crippen LogP contribution in [-0.4, -0.2) is 76.3 Å². The summed E-state index contributed by atoms with van der Waals surface area (Å²) in [7, 11) is 0. The number of hydrogen-bond donors (Lipinski definition) is 2. The molecule has 2 N–H and O–H groups in total. The lowest BCUT2D eigenvalue weighted by Crippen LogP contribution is -2.42. The van der Waals surface area contributed by atoms with Crippen molar-refractivity contribution in [3.63, 3.8) is 0 Å². The van der Waals surface area contributed by atoms with Crippen molar-refractivity contribution >= 4 is 5.91 Å². The molecule has 2 aliphatic heterocycles. The predicted molar refractivity (Wildman–Crippen MR) is 80.0 cm³/mol. The third-order valence-electron chi connectivity index (χ3n) is 4.42. The van der Waals surface area contributed by atoms with Gasteiger partial charge in [0.2, 0.25) is 5.91 Å². The van der Waals surface area contributed by atoms with Crippen LogP contribution in [0.1, 0.15) is 18.5 Å². The summed E-state index contributed by atoms with van der Waals surface area (Å²) < 4.78 is 5.32. The van der Waals surface area contributed by atoms with Gasteiger partial charge in [0.05, 0.1) is 12.4 Å². The fourth-order valence-corrected chi connectivity index (χ4v) is 3.21. The smallest absolute Gasteiger partial charge is 0.225 e. The number of β-amino-alcohol motifs (C(OH)–C–C–N with tert-alkyl or cyclic N) is 1. The van der Waals surface area contributed by atoms with Crippen molar-refractivity contribution in [2.24, 2.45) is 5.92 Å². The molecule has 22 heavy (non-hydrogen) atoms. The highest BCUT2D eigenvalue weighted by molar-refractivity contribution is 5.79. The Morgan fingerprint density at radius 2 is 2.18 bits per heavy atom. The first-order chi connectivity index (χ1) is 10.7. The summed E-state index contributed by atoms with van der Waals surface area (Å²) in [6.45, 7) is 4.49. The molecule has 0 aromatic carbocycles. The number of rotatable bonds is 3. The Balaban J connectivity index is 1.57. The average Bonchev–Trinajstić information content (AvgIpc) is 2.97. The summed E-state index contributed by atoms with van der Waals surface area (Å²) in [6.07, 6.45) is 4.54. The lowest BCUT2D eigenvalue weighted by Gasteiger charge is -2.29. The Kier molecular flexibility index (Phi) is 5.07. The molecule has 122 valence electrons. The van der Waals surface area contributed by atoms with E-state index in [0.29, 0.717) is 32.8 Å². The van der Waals surface area contributed by atoms with E-state index in [0.717, 1.165) is 31.6 Å². The zero-order valence-electron chi connectivity index (χ0n) is 12.8. The zero-order valence-corrected chi connectivity index (χ0v) is 12.8. The Bertz CT molecular complexity index is 473. The summed E-state index contributed by atoms with van der Waals surface area (Å²) in [5.41, 5.74) is 1.02. The molecule has 1 aromatic heterocycles. The van der Waals surface area contributed by atoms with Crippen LogP contribution in [0.15, 0.2) is 12.5 Å². The van der Waals surface area contributed by atoms with E-state index in [-0.39, 0.29) is 11.8 Å². The second-order valence-electron chi connectivity index (χ2n) is 6.14. The maximum absolute atomic E-state index is 12.6. The van der Waals surface area contributed by atoms with Crippen LogP contribution in [-0.2, 0) is 16.1 Å². The quantitative estimate of drug-likeness (QED) is 0.811. The highest BCUT2D eigenvalue weighted by Gasteiger charge is 2.30. The number of aromatic nitrogens is 2. The Labute approximate surface area is 130 Å². The first-order valence-electron chi connectivity index (χ1n) is 7.96. The number of amides is 1. The summed E-state index contributed by atoms with van der Waals surface area (Å²) in [5.74, 6) is 0.228. The number of ether oxygens (including phenoxy) is 1. The Morgan fingerprint density at radius 3 is 2.91 bits per heavy atom. The van der Waals surface area contributed by atoms with Gasteiger partial charge in [0.25, 0.3) is 0 Å². The zero-order chi connectivity index (χ0) is 15.4. The van der Waals surface area contributed by atoms with Crippen molar-refractivity contribution in [3.05, 3.63) is 18.2 Å². The second-order valence-corrected chi connectivity index (χ2v) is 6.14. The van der Waals surface area contributed by atoms with E-state index < -0.39 is 6.10 Å². The lowest BCUT2D eigenvalue weighted by atomic mass is 9.98. The Morgan fingerprint density at radius 1 is 1.36 bits per heavy atom. The van der Waals surface area contributed by atoms with Gasteiger partial charge in [-0.3, -0.25) is 9.69 Å². The summed E-state index contributed by atoms with van der Waals surface area (Å²) >= 11 is 0. The van der Waals surface area contributed by atoms with E-state index in [9.17, 15) is 9.90 Å². The second kappa shape index (κ2) is 7.21. The van der Waals surface area contributed by atoms with E-state index in [1.807, 2.05) is 4.90 Å². The van der Waals surface area contributed by atoms with Crippen LogP contribution in [0.3, 0.4) is 0 Å². The normalized spacial score (nSPS) is 25.1. The summed E-state index contributed by atoms with van der Waals surface area (Å²) in [6, 6.07) is 0. The van der Waals surface area contributed by atoms with E-state index in [4.69, 9.17) is 4.74 Å². The number of carbonyl (C=O) groups excluding carboxylic acids is 1. The van der Waals surface area contributed by atoms with E-state index in [2.05, 4.69) is 14.9 Å². The number of aliphatic hydroxyl groups excluding tert-OH is 1. The van der Waals surface area contributed by atoms with Crippen LogP contribution in [0.4, 0.5) is 0 Å². The van der Waals surface area contributed by atoms with Crippen molar-refractivity contribution in [2.45, 2.75) is 25.5 Å². The first kappa shape index (κ1) is 15.5. The lowest BCUT2D eigenvalue weighted by molar-refractivity contribution is -0.139. The molecule has 7 nitrogen and oxygen atoms in total. The van der Waals surface area contributed by atoms with Crippen molar-refractivity contribution in [3.8, 4) is 0 Å². The molecule has 2 fully saturated rings. The first-order valence-corrected chi connectivity index (χ1v) is 7.96. The number of aromatic amines is 1. The minimum atomic E-state index is -0.505. The molecule has 7 heteroatoms. The minimum absolute atomic E-state index is 0.0557. The highest BCUT2D eigenvalue weighted by atomic mass is 16.5. The van der Waals surface area contributed by atoms with Gasteiger partial charge in [-0.2, -0.15) is 0 Å². The largest absolute Gasteiger partial charge is 0.390 e. The average molecular weight is 308 g/mol. The molecule has 0 spiro atoms. The molecular weight excluding hydrogens is 284 g/mol. The van der Waals surface area contributed by atoms with Crippen molar-refractivity contribution in [1.29, 1.82) is 0 Å². The predicted octanol–water partition coefficient (Wildman–Crippen LogP) is -0.159. The van der Waals surface area contributed by atoms with Gasteiger partial charge in [-0.05, 0) is 12.8 Å². The topological polar surface area (TPSA) is 81.7 Å². The number of carbonyl (C=O) groups is 1. The van der Waals surface area contributed by atoms with Gasteiger partial charge >= 0.3 is 0 Å². The SMILES string of the molecule is O=C(C1CCOCC1)N1CCN(Cc2cnc[nH]2)C[C@H](O)C1. The Hall–Kier alpha value is -1.44. The highest BCUT2D eigenvalue weighted by Crippen LogP contribution is 2.19. The third-order valence-corrected chi connectivity index (χ3v) is 4.42. The number of nitrogens with zero attached hydrogens (tertiary/aromatic N) is 3. The van der Waals surface area contributed by atoms with Gasteiger partial charge in [0, 0.05) is 63.7 Å². The van der Waals surface area contributed by atoms with E-state index in [1.165, 1.54) is 0 Å². The molecule has 1 atom stereocenters. The molecule has 2 aliphatic rings. The standard InChI is InChI=1S/C15H24N4O3/c20-14-9-18(8-13-7-16-11-17-13)3-4-19(10-14)15(21)12-1-5-22-6-2-12/h7,11-12,14,20H,1-6,8-10H2,(H,16,17)/t14-/m0/s1. The third kappa shape index (κ3) is 3.85. The van der Waals surface area contributed by atoms with Crippen LogP contribution >= 0.6 is 0 Å². The molecule has 1 amide bonds. The monoisotopic (exact) mass is 308 g/mol. The summed E-state index contributed by atoms with van der Waals surface area (Å²) in [4.78, 5) is 23.7. The van der Waals surface area contributed by atoms with Crippen molar-refractivity contribution in [1.82, 2.24) is 19.8 Å². The van der Waals surface area contributed by atoms with Gasteiger partial charge in [-0.15, -0.1) is 0 Å². The summed E-state index contributed by atoms with van der Waals surface area (Å²) in [5, 5.41) is 10.2. The molecule has 3 rings (SSSR count). The van der Waals surface area contributed by atoms with Gasteiger partial charge < -0.3 is 19.7 Å². The van der Waals surface area contributed by atoms with Crippen LogP contribution in [0.5, 0.6) is 0 Å². The van der Waals surface area contributed by atoms with Gasteiger partial charge in [-0.1, -0.05) is 0 Å². The number of imidazole rings is 1. The van der Waals surface area contributed by atoms with Gasteiger partial charge in [0.15, 0.2) is 0 Å². The molecule has 0 saturated carbocycles. The fourth-order valence-electron chi connectivity index (χ4n) is 3.21. The van der Waals surface area contributed by atoms with Crippen molar-refractivity contribution in [2.75, 3.05) is 39.4 Å².